The van der Waals surface area contributed by atoms with Gasteiger partial charge in [-0.1, -0.05) is 12.1 Å². The number of amides is 2. The van der Waals surface area contributed by atoms with E-state index in [2.05, 4.69) is 15.6 Å². The number of benzene rings is 1. The van der Waals surface area contributed by atoms with Gasteiger partial charge in [-0.05, 0) is 43.7 Å². The summed E-state index contributed by atoms with van der Waals surface area (Å²) in [4.78, 5) is 16.3. The molecule has 2 amide bonds. The highest BCUT2D eigenvalue weighted by atomic mass is 16.5. The van der Waals surface area contributed by atoms with Crippen LogP contribution in [-0.4, -0.2) is 18.1 Å². The summed E-state index contributed by atoms with van der Waals surface area (Å²) < 4.78 is 5.24. The molecule has 21 heavy (non-hydrogen) atoms. The molecule has 5 heteroatoms. The Morgan fingerprint density at radius 1 is 1.29 bits per heavy atom. The van der Waals surface area contributed by atoms with Gasteiger partial charge in [-0.2, -0.15) is 0 Å². The predicted molar refractivity (Wildman–Crippen MR) is 82.5 cm³/mol. The van der Waals surface area contributed by atoms with Crippen LogP contribution >= 0.6 is 0 Å². The van der Waals surface area contributed by atoms with Gasteiger partial charge < -0.3 is 15.4 Å². The highest BCUT2D eigenvalue weighted by Gasteiger charge is 2.12. The summed E-state index contributed by atoms with van der Waals surface area (Å²) in [5.74, 6) is 0.626. The monoisotopic (exact) mass is 285 g/mol. The second kappa shape index (κ2) is 6.74. The summed E-state index contributed by atoms with van der Waals surface area (Å²) in [6.45, 7) is 3.84. The number of methoxy groups -OCH3 is 1. The Morgan fingerprint density at radius 3 is 2.76 bits per heavy atom. The zero-order valence-corrected chi connectivity index (χ0v) is 12.4. The quantitative estimate of drug-likeness (QED) is 0.906. The lowest BCUT2D eigenvalue weighted by molar-refractivity contribution is 0.249. The predicted octanol–water partition coefficient (Wildman–Crippen LogP) is 3.28. The van der Waals surface area contributed by atoms with Crippen LogP contribution in [0.4, 0.5) is 10.5 Å². The standard InChI is InChI=1S/C16H19N3O2/c1-11-7-8-15(21-3)14(10-11)19-16(20)18-12(2)13-6-4-5-9-17-13/h4-10,12H,1-3H3,(H2,18,19,20)/t12-/m1/s1. The molecular formula is C16H19N3O2. The fourth-order valence-electron chi connectivity index (χ4n) is 1.98. The largest absolute Gasteiger partial charge is 0.495 e. The molecule has 0 aliphatic rings. The third kappa shape index (κ3) is 3.95. The van der Waals surface area contributed by atoms with Crippen molar-refractivity contribution in [2.45, 2.75) is 19.9 Å². The van der Waals surface area contributed by atoms with Gasteiger partial charge >= 0.3 is 6.03 Å². The molecule has 0 fully saturated rings. The molecular weight excluding hydrogens is 266 g/mol. The number of nitrogens with one attached hydrogen (secondary N) is 2. The second-order valence-corrected chi connectivity index (χ2v) is 4.78. The average Bonchev–Trinajstić information content (AvgIpc) is 2.48. The Bertz CT molecular complexity index is 614. The Morgan fingerprint density at radius 2 is 2.10 bits per heavy atom. The van der Waals surface area contributed by atoms with E-state index in [0.717, 1.165) is 11.3 Å². The molecule has 1 aromatic carbocycles. The van der Waals surface area contributed by atoms with Gasteiger partial charge in [-0.25, -0.2) is 4.79 Å². The number of hydrogen-bond donors (Lipinski definition) is 2. The SMILES string of the molecule is COc1ccc(C)cc1NC(=O)N[C@H](C)c1ccccn1. The van der Waals surface area contributed by atoms with Crippen molar-refractivity contribution < 1.29 is 9.53 Å². The van der Waals surface area contributed by atoms with Gasteiger partial charge in [0.2, 0.25) is 0 Å². The Balaban J connectivity index is 2.04. The molecule has 0 aliphatic carbocycles. The third-order valence-corrected chi connectivity index (χ3v) is 3.08. The Labute approximate surface area is 124 Å². The number of anilines is 1. The lowest BCUT2D eigenvalue weighted by Crippen LogP contribution is -2.31. The highest BCUT2D eigenvalue weighted by molar-refractivity contribution is 5.91. The lowest BCUT2D eigenvalue weighted by Gasteiger charge is -2.15. The molecule has 1 aromatic heterocycles. The number of ether oxygens (including phenoxy) is 1. The van der Waals surface area contributed by atoms with E-state index in [4.69, 9.17) is 4.74 Å². The molecule has 5 nitrogen and oxygen atoms in total. The Kier molecular flexibility index (Phi) is 4.77. The molecule has 0 spiro atoms. The molecule has 1 atom stereocenters. The minimum absolute atomic E-state index is 0.179. The third-order valence-electron chi connectivity index (χ3n) is 3.08. The minimum atomic E-state index is -0.294. The average molecular weight is 285 g/mol. The summed E-state index contributed by atoms with van der Waals surface area (Å²) in [6.07, 6.45) is 1.70. The fraction of sp³-hybridized carbons (Fsp3) is 0.250. The number of pyridine rings is 1. The van der Waals surface area contributed by atoms with Gasteiger partial charge in [0.25, 0.3) is 0 Å². The lowest BCUT2D eigenvalue weighted by atomic mass is 10.2. The number of nitrogens with zero attached hydrogens (tertiary/aromatic N) is 1. The summed E-state index contributed by atoms with van der Waals surface area (Å²) in [5.41, 5.74) is 2.50. The van der Waals surface area contributed by atoms with E-state index in [1.807, 2.05) is 50.2 Å². The highest BCUT2D eigenvalue weighted by Crippen LogP contribution is 2.25. The zero-order valence-electron chi connectivity index (χ0n) is 12.4. The van der Waals surface area contributed by atoms with Gasteiger partial charge in [0.05, 0.1) is 24.5 Å². The molecule has 0 bridgehead atoms. The minimum Gasteiger partial charge on any atom is -0.495 e. The molecule has 1 heterocycles. The topological polar surface area (TPSA) is 63.2 Å². The first-order chi connectivity index (χ1) is 10.1. The number of urea groups is 1. The van der Waals surface area contributed by atoms with Gasteiger partial charge in [0.1, 0.15) is 5.75 Å². The van der Waals surface area contributed by atoms with Crippen molar-refractivity contribution >= 4 is 11.7 Å². The maximum Gasteiger partial charge on any atom is 0.319 e. The molecule has 0 aliphatic heterocycles. The first-order valence-corrected chi connectivity index (χ1v) is 6.73. The number of aromatic nitrogens is 1. The maximum atomic E-state index is 12.1. The van der Waals surface area contributed by atoms with Crippen LogP contribution < -0.4 is 15.4 Å². The van der Waals surface area contributed by atoms with Crippen molar-refractivity contribution in [3.05, 3.63) is 53.9 Å². The van der Waals surface area contributed by atoms with E-state index < -0.39 is 0 Å². The number of carbonyl (C=O) groups excluding carboxylic acids is 1. The van der Waals surface area contributed by atoms with Gasteiger partial charge in [0.15, 0.2) is 0 Å². The first-order valence-electron chi connectivity index (χ1n) is 6.73. The number of carbonyl (C=O) groups is 1. The molecule has 2 aromatic rings. The first kappa shape index (κ1) is 14.8. The summed E-state index contributed by atoms with van der Waals surface area (Å²) in [6, 6.07) is 10.8. The molecule has 0 unspecified atom stereocenters. The van der Waals surface area contributed by atoms with E-state index in [0.29, 0.717) is 11.4 Å². The molecule has 110 valence electrons. The van der Waals surface area contributed by atoms with Crippen LogP contribution in [0.15, 0.2) is 42.6 Å². The molecule has 0 saturated carbocycles. The van der Waals surface area contributed by atoms with E-state index in [1.165, 1.54) is 0 Å². The van der Waals surface area contributed by atoms with Gasteiger partial charge in [-0.15, -0.1) is 0 Å². The van der Waals surface area contributed by atoms with Crippen molar-refractivity contribution in [3.8, 4) is 5.75 Å². The molecule has 2 rings (SSSR count). The summed E-state index contributed by atoms with van der Waals surface area (Å²) in [5, 5.41) is 5.65. The van der Waals surface area contributed by atoms with Crippen LogP contribution in [0.1, 0.15) is 24.2 Å². The maximum absolute atomic E-state index is 12.1. The zero-order chi connectivity index (χ0) is 15.2. The number of hydrogen-bond acceptors (Lipinski definition) is 3. The van der Waals surface area contributed by atoms with E-state index in [9.17, 15) is 4.79 Å². The fourth-order valence-corrected chi connectivity index (χ4v) is 1.98. The van der Waals surface area contributed by atoms with Crippen molar-refractivity contribution in [1.29, 1.82) is 0 Å². The van der Waals surface area contributed by atoms with Crippen molar-refractivity contribution in [3.63, 3.8) is 0 Å². The van der Waals surface area contributed by atoms with Crippen LogP contribution in [0.3, 0.4) is 0 Å². The molecule has 0 saturated heterocycles. The Hall–Kier alpha value is -2.56. The van der Waals surface area contributed by atoms with Crippen LogP contribution in [0.5, 0.6) is 5.75 Å². The van der Waals surface area contributed by atoms with Gasteiger partial charge in [0, 0.05) is 6.20 Å². The molecule has 2 N–H and O–H groups in total. The van der Waals surface area contributed by atoms with Crippen LogP contribution in [0, 0.1) is 6.92 Å². The smallest absolute Gasteiger partial charge is 0.319 e. The van der Waals surface area contributed by atoms with Crippen molar-refractivity contribution in [1.82, 2.24) is 10.3 Å². The van der Waals surface area contributed by atoms with Crippen LogP contribution in [0.25, 0.3) is 0 Å². The van der Waals surface area contributed by atoms with E-state index in [1.54, 1.807) is 13.3 Å². The van der Waals surface area contributed by atoms with E-state index in [-0.39, 0.29) is 12.1 Å². The normalized spacial score (nSPS) is 11.6. The summed E-state index contributed by atoms with van der Waals surface area (Å²) >= 11 is 0. The second-order valence-electron chi connectivity index (χ2n) is 4.78. The van der Waals surface area contributed by atoms with E-state index >= 15 is 0 Å². The van der Waals surface area contributed by atoms with Crippen LogP contribution in [0.2, 0.25) is 0 Å². The van der Waals surface area contributed by atoms with Crippen molar-refractivity contribution in [2.75, 3.05) is 12.4 Å². The van der Waals surface area contributed by atoms with Crippen molar-refractivity contribution in [2.24, 2.45) is 0 Å². The number of rotatable bonds is 4. The molecule has 0 radical (unpaired) electrons. The van der Waals surface area contributed by atoms with Crippen LogP contribution in [-0.2, 0) is 0 Å². The number of aryl methyl sites for hydroxylation is 1. The summed E-state index contributed by atoms with van der Waals surface area (Å²) in [7, 11) is 1.57. The van der Waals surface area contributed by atoms with Gasteiger partial charge in [-0.3, -0.25) is 4.98 Å².